The second kappa shape index (κ2) is 7.49. The number of amides is 2. The number of hydrogen-bond acceptors (Lipinski definition) is 5. The average molecular weight is 358 g/mol. The second-order valence-corrected chi connectivity index (χ2v) is 6.26. The van der Waals surface area contributed by atoms with E-state index in [0.29, 0.717) is 23.7 Å². The Morgan fingerprint density at radius 1 is 1.19 bits per heavy atom. The molecule has 1 aromatic heterocycles. The van der Waals surface area contributed by atoms with E-state index in [4.69, 9.17) is 9.47 Å². The first-order valence-electron chi connectivity index (χ1n) is 8.22. The van der Waals surface area contributed by atoms with Crippen molar-refractivity contribution in [1.82, 2.24) is 14.8 Å². The van der Waals surface area contributed by atoms with Crippen molar-refractivity contribution in [3.05, 3.63) is 42.2 Å². The highest BCUT2D eigenvalue weighted by molar-refractivity contribution is 6.39. The molecule has 1 aliphatic heterocycles. The lowest BCUT2D eigenvalue weighted by Crippen LogP contribution is -2.40. The molecule has 2 heterocycles. The third-order valence-corrected chi connectivity index (χ3v) is 4.24. The Balaban J connectivity index is 1.58. The lowest BCUT2D eigenvalue weighted by atomic mass is 10.2. The highest BCUT2D eigenvalue weighted by atomic mass is 16.7. The van der Waals surface area contributed by atoms with Crippen LogP contribution in [-0.2, 0) is 16.6 Å². The molecule has 1 aliphatic rings. The molecule has 0 spiro atoms. The van der Waals surface area contributed by atoms with E-state index in [1.54, 1.807) is 18.2 Å². The maximum Gasteiger partial charge on any atom is 0.313 e. The Morgan fingerprint density at radius 3 is 2.65 bits per heavy atom. The van der Waals surface area contributed by atoms with Crippen molar-refractivity contribution in [2.75, 3.05) is 32.7 Å². The number of aryl methyl sites for hydroxylation is 1. The zero-order valence-electron chi connectivity index (χ0n) is 15.0. The van der Waals surface area contributed by atoms with Crippen molar-refractivity contribution in [1.29, 1.82) is 0 Å². The van der Waals surface area contributed by atoms with Gasteiger partial charge in [-0.2, -0.15) is 0 Å². The fraction of sp³-hybridized carbons (Fsp3) is 0.333. The van der Waals surface area contributed by atoms with Crippen molar-refractivity contribution in [3.63, 3.8) is 0 Å². The lowest BCUT2D eigenvalue weighted by Gasteiger charge is -2.25. The molecule has 1 aromatic carbocycles. The van der Waals surface area contributed by atoms with Gasteiger partial charge in [-0.25, -0.2) is 0 Å². The van der Waals surface area contributed by atoms with Gasteiger partial charge in [0.2, 0.25) is 6.79 Å². The maximum absolute atomic E-state index is 12.2. The van der Waals surface area contributed by atoms with Crippen LogP contribution in [0, 0.1) is 0 Å². The number of fused-ring (bicyclic) bond motifs is 1. The molecule has 3 rings (SSSR count). The fourth-order valence-electron chi connectivity index (χ4n) is 2.80. The number of carbonyl (C=O) groups excluding carboxylic acids is 2. The lowest BCUT2D eigenvalue weighted by molar-refractivity contribution is -0.136. The summed E-state index contributed by atoms with van der Waals surface area (Å²) in [6, 6.07) is 8.86. The molecular formula is C18H22N4O4. The molecule has 0 radical (unpaired) electrons. The summed E-state index contributed by atoms with van der Waals surface area (Å²) < 4.78 is 12.5. The predicted octanol–water partition coefficient (Wildman–Crippen LogP) is 1.11. The molecule has 1 atom stereocenters. The van der Waals surface area contributed by atoms with Crippen LogP contribution in [0.3, 0.4) is 0 Å². The number of nitrogens with zero attached hydrogens (tertiary/aromatic N) is 2. The Kier molecular flexibility index (Phi) is 5.13. The molecule has 8 heteroatoms. The van der Waals surface area contributed by atoms with Crippen molar-refractivity contribution < 1.29 is 19.1 Å². The standard InChI is InChI=1S/C18H22N4O4/c1-21(2)14(13-5-4-8-22(13)3)10-19-17(23)18(24)20-12-6-7-15-16(9-12)26-11-25-15/h4-9,14H,10-11H2,1-3H3,(H,19,23)(H,20,24)/t14-/m1/s1. The zero-order valence-corrected chi connectivity index (χ0v) is 15.0. The summed E-state index contributed by atoms with van der Waals surface area (Å²) in [6.45, 7) is 0.469. The Bertz CT molecular complexity index is 815. The largest absolute Gasteiger partial charge is 0.454 e. The minimum absolute atomic E-state index is 0.0442. The molecule has 0 saturated heterocycles. The van der Waals surface area contributed by atoms with E-state index >= 15 is 0 Å². The van der Waals surface area contributed by atoms with Gasteiger partial charge in [-0.3, -0.25) is 14.5 Å². The monoisotopic (exact) mass is 358 g/mol. The highest BCUT2D eigenvalue weighted by Crippen LogP contribution is 2.34. The van der Waals surface area contributed by atoms with Crippen LogP contribution >= 0.6 is 0 Å². The molecule has 8 nitrogen and oxygen atoms in total. The van der Waals surface area contributed by atoms with Crippen LogP contribution in [0.2, 0.25) is 0 Å². The topological polar surface area (TPSA) is 84.8 Å². The fourth-order valence-corrected chi connectivity index (χ4v) is 2.80. The average Bonchev–Trinajstić information content (AvgIpc) is 3.23. The number of likely N-dealkylation sites (N-methyl/N-ethyl adjacent to an activating group) is 1. The third kappa shape index (κ3) is 3.80. The molecule has 2 N–H and O–H groups in total. The van der Waals surface area contributed by atoms with Crippen LogP contribution < -0.4 is 20.1 Å². The minimum atomic E-state index is -0.728. The second-order valence-electron chi connectivity index (χ2n) is 6.26. The van der Waals surface area contributed by atoms with E-state index in [1.165, 1.54) is 0 Å². The summed E-state index contributed by atoms with van der Waals surface area (Å²) in [6.07, 6.45) is 1.94. The molecular weight excluding hydrogens is 336 g/mol. The Labute approximate surface area is 151 Å². The normalized spacial score (nSPS) is 13.5. The number of carbonyl (C=O) groups is 2. The first-order valence-corrected chi connectivity index (χ1v) is 8.22. The summed E-state index contributed by atoms with van der Waals surface area (Å²) in [7, 11) is 5.80. The molecule has 0 fully saturated rings. The number of ether oxygens (including phenoxy) is 2. The number of aromatic nitrogens is 1. The van der Waals surface area contributed by atoms with E-state index in [0.717, 1.165) is 5.69 Å². The van der Waals surface area contributed by atoms with Crippen molar-refractivity contribution in [2.24, 2.45) is 7.05 Å². The zero-order chi connectivity index (χ0) is 18.7. The van der Waals surface area contributed by atoms with Crippen molar-refractivity contribution in [2.45, 2.75) is 6.04 Å². The quantitative estimate of drug-likeness (QED) is 0.782. The van der Waals surface area contributed by atoms with Gasteiger partial charge < -0.3 is 24.7 Å². The number of anilines is 1. The van der Waals surface area contributed by atoms with Gasteiger partial charge in [0, 0.05) is 37.2 Å². The van der Waals surface area contributed by atoms with Crippen LogP contribution in [0.15, 0.2) is 36.5 Å². The minimum Gasteiger partial charge on any atom is -0.454 e. The van der Waals surface area contributed by atoms with Crippen LogP contribution in [0.25, 0.3) is 0 Å². The van der Waals surface area contributed by atoms with Crippen molar-refractivity contribution in [3.8, 4) is 11.5 Å². The van der Waals surface area contributed by atoms with Gasteiger partial charge in [-0.1, -0.05) is 0 Å². The molecule has 0 saturated carbocycles. The molecule has 0 unspecified atom stereocenters. The third-order valence-electron chi connectivity index (χ3n) is 4.24. The van der Waals surface area contributed by atoms with Crippen molar-refractivity contribution >= 4 is 17.5 Å². The van der Waals surface area contributed by atoms with Crippen LogP contribution in [0.1, 0.15) is 11.7 Å². The summed E-state index contributed by atoms with van der Waals surface area (Å²) >= 11 is 0. The predicted molar refractivity (Wildman–Crippen MR) is 96.0 cm³/mol. The van der Waals surface area contributed by atoms with E-state index < -0.39 is 11.8 Å². The van der Waals surface area contributed by atoms with Gasteiger partial charge in [-0.05, 0) is 38.4 Å². The summed E-state index contributed by atoms with van der Waals surface area (Å²) in [5.74, 6) is -0.264. The highest BCUT2D eigenvalue weighted by Gasteiger charge is 2.21. The Hall–Kier alpha value is -3.00. The van der Waals surface area contributed by atoms with Gasteiger partial charge in [0.05, 0.1) is 6.04 Å². The van der Waals surface area contributed by atoms with Gasteiger partial charge in [0.25, 0.3) is 0 Å². The number of nitrogens with one attached hydrogen (secondary N) is 2. The first-order chi connectivity index (χ1) is 12.5. The summed E-state index contributed by atoms with van der Waals surface area (Å²) in [5.41, 5.74) is 1.52. The van der Waals surface area contributed by atoms with Gasteiger partial charge in [0.15, 0.2) is 11.5 Å². The summed E-state index contributed by atoms with van der Waals surface area (Å²) in [5, 5.41) is 5.26. The molecule has 138 valence electrons. The van der Waals surface area contributed by atoms with Crippen LogP contribution in [0.4, 0.5) is 5.69 Å². The maximum atomic E-state index is 12.2. The van der Waals surface area contributed by atoms with E-state index in [1.807, 2.05) is 48.9 Å². The molecule has 2 aromatic rings. The number of hydrogen-bond donors (Lipinski definition) is 2. The van der Waals surface area contributed by atoms with E-state index in [-0.39, 0.29) is 12.8 Å². The first kappa shape index (κ1) is 17.8. The number of benzene rings is 1. The van der Waals surface area contributed by atoms with Crippen LogP contribution in [0.5, 0.6) is 11.5 Å². The number of rotatable bonds is 5. The van der Waals surface area contributed by atoms with Gasteiger partial charge in [-0.15, -0.1) is 0 Å². The van der Waals surface area contributed by atoms with E-state index in [2.05, 4.69) is 10.6 Å². The van der Waals surface area contributed by atoms with Gasteiger partial charge in [0.1, 0.15) is 0 Å². The smallest absolute Gasteiger partial charge is 0.313 e. The van der Waals surface area contributed by atoms with Gasteiger partial charge >= 0.3 is 11.8 Å². The molecule has 0 aliphatic carbocycles. The summed E-state index contributed by atoms with van der Waals surface area (Å²) in [4.78, 5) is 26.3. The molecule has 2 amide bonds. The molecule has 26 heavy (non-hydrogen) atoms. The van der Waals surface area contributed by atoms with Crippen LogP contribution in [-0.4, -0.2) is 48.7 Å². The Morgan fingerprint density at radius 2 is 1.96 bits per heavy atom. The molecule has 0 bridgehead atoms. The SMILES string of the molecule is CN(C)[C@H](CNC(=O)C(=O)Nc1ccc2c(c1)OCO2)c1cccn1C. The van der Waals surface area contributed by atoms with E-state index in [9.17, 15) is 9.59 Å².